The largest absolute Gasteiger partial charge is 0.411 e. The SMILES string of the molecule is CO[C@]1(CO[Si](C)(C)C(C)(C)C)O[C@@H](COCc2ccccc2)C(=O)[C@@H](O)[C@H]1O. The molecule has 0 aromatic heterocycles. The Labute approximate surface area is 174 Å². The number of Topliss-reactive ketones (excluding diaryl/α,β-unsaturated/α-hetero) is 1. The summed E-state index contributed by atoms with van der Waals surface area (Å²) < 4.78 is 23.1. The molecule has 1 fully saturated rings. The standard InChI is InChI=1S/C21H34O7Si/c1-20(2,3)29(5,6)27-14-21(25-4)19(24)18(23)17(22)16(28-21)13-26-12-15-10-8-7-9-11-15/h7-11,16,18-19,23-24H,12-14H2,1-6H3/t16-,18+,19+,21+/m0/s1. The maximum atomic E-state index is 12.4. The van der Waals surface area contributed by atoms with Crippen LogP contribution in [0.15, 0.2) is 30.3 Å². The molecule has 0 saturated carbocycles. The Bertz CT molecular complexity index is 673. The quantitative estimate of drug-likeness (QED) is 0.616. The molecule has 8 heteroatoms. The monoisotopic (exact) mass is 426 g/mol. The summed E-state index contributed by atoms with van der Waals surface area (Å²) in [6.45, 7) is 10.5. The second-order valence-electron chi connectivity index (χ2n) is 8.96. The predicted octanol–water partition coefficient (Wildman–Crippen LogP) is 2.26. The zero-order chi connectivity index (χ0) is 21.9. The van der Waals surface area contributed by atoms with Crippen molar-refractivity contribution in [3.63, 3.8) is 0 Å². The molecule has 2 rings (SSSR count). The molecule has 1 aliphatic rings. The number of benzene rings is 1. The van der Waals surface area contributed by atoms with Crippen molar-refractivity contribution in [2.45, 2.75) is 69.6 Å². The maximum absolute atomic E-state index is 12.4. The van der Waals surface area contributed by atoms with Crippen LogP contribution in [0, 0.1) is 0 Å². The molecular formula is C21H34O7Si. The minimum absolute atomic E-state index is 0.0613. The molecule has 0 spiro atoms. The third kappa shape index (κ3) is 5.52. The number of ether oxygens (including phenoxy) is 3. The molecule has 2 N–H and O–H groups in total. The number of aliphatic hydroxyl groups is 2. The number of carbonyl (C=O) groups is 1. The number of methoxy groups -OCH3 is 1. The van der Waals surface area contributed by atoms with Crippen LogP contribution in [0.2, 0.25) is 18.1 Å². The summed E-state index contributed by atoms with van der Waals surface area (Å²) in [6.07, 6.45) is -4.27. The van der Waals surface area contributed by atoms with E-state index in [2.05, 4.69) is 33.9 Å². The van der Waals surface area contributed by atoms with E-state index in [-0.39, 0.29) is 18.3 Å². The molecule has 0 unspecified atom stereocenters. The van der Waals surface area contributed by atoms with E-state index >= 15 is 0 Å². The van der Waals surface area contributed by atoms with Gasteiger partial charge in [-0.2, -0.15) is 0 Å². The van der Waals surface area contributed by atoms with Gasteiger partial charge in [-0.15, -0.1) is 0 Å². The van der Waals surface area contributed by atoms with E-state index in [9.17, 15) is 15.0 Å². The van der Waals surface area contributed by atoms with Crippen LogP contribution in [0.4, 0.5) is 0 Å². The smallest absolute Gasteiger partial charge is 0.221 e. The number of hydrogen-bond acceptors (Lipinski definition) is 7. The highest BCUT2D eigenvalue weighted by molar-refractivity contribution is 6.74. The lowest BCUT2D eigenvalue weighted by atomic mass is 9.94. The van der Waals surface area contributed by atoms with Crippen LogP contribution in [-0.4, -0.2) is 68.7 Å². The van der Waals surface area contributed by atoms with Crippen molar-refractivity contribution in [2.24, 2.45) is 0 Å². The Hall–Kier alpha value is -1.13. The number of aliphatic hydroxyl groups excluding tert-OH is 2. The van der Waals surface area contributed by atoms with Crippen molar-refractivity contribution in [1.29, 1.82) is 0 Å². The van der Waals surface area contributed by atoms with Crippen LogP contribution in [0.1, 0.15) is 26.3 Å². The summed E-state index contributed by atoms with van der Waals surface area (Å²) in [5.41, 5.74) is 0.954. The van der Waals surface area contributed by atoms with Gasteiger partial charge in [-0.3, -0.25) is 4.79 Å². The summed E-state index contributed by atoms with van der Waals surface area (Å²) in [7, 11) is -0.817. The fraction of sp³-hybridized carbons (Fsp3) is 0.667. The van der Waals surface area contributed by atoms with E-state index in [1.54, 1.807) is 0 Å². The first kappa shape index (κ1) is 24.1. The fourth-order valence-electron chi connectivity index (χ4n) is 2.77. The first-order valence-electron chi connectivity index (χ1n) is 9.82. The Morgan fingerprint density at radius 1 is 1.17 bits per heavy atom. The van der Waals surface area contributed by atoms with Gasteiger partial charge in [0.2, 0.25) is 5.79 Å². The Kier molecular flexibility index (Phi) is 7.78. The average Bonchev–Trinajstić information content (AvgIpc) is 2.67. The van der Waals surface area contributed by atoms with Gasteiger partial charge >= 0.3 is 0 Å². The van der Waals surface area contributed by atoms with E-state index in [0.717, 1.165) is 5.56 Å². The molecular weight excluding hydrogens is 392 g/mol. The third-order valence-electron chi connectivity index (χ3n) is 5.87. The van der Waals surface area contributed by atoms with Crippen LogP contribution < -0.4 is 0 Å². The summed E-state index contributed by atoms with van der Waals surface area (Å²) >= 11 is 0. The average molecular weight is 427 g/mol. The topological polar surface area (TPSA) is 94.5 Å². The van der Waals surface area contributed by atoms with E-state index in [1.807, 2.05) is 30.3 Å². The highest BCUT2D eigenvalue weighted by atomic mass is 28.4. The van der Waals surface area contributed by atoms with Crippen LogP contribution in [0.3, 0.4) is 0 Å². The zero-order valence-electron chi connectivity index (χ0n) is 18.2. The van der Waals surface area contributed by atoms with E-state index in [1.165, 1.54) is 7.11 Å². The molecule has 7 nitrogen and oxygen atoms in total. The normalized spacial score (nSPS) is 28.6. The number of rotatable bonds is 8. The summed E-state index contributed by atoms with van der Waals surface area (Å²) in [5.74, 6) is -2.28. The first-order chi connectivity index (χ1) is 13.4. The van der Waals surface area contributed by atoms with Crippen molar-refractivity contribution in [3.8, 4) is 0 Å². The van der Waals surface area contributed by atoms with Gasteiger partial charge in [0.25, 0.3) is 0 Å². The van der Waals surface area contributed by atoms with Crippen molar-refractivity contribution in [1.82, 2.24) is 0 Å². The first-order valence-corrected chi connectivity index (χ1v) is 12.7. The van der Waals surface area contributed by atoms with Gasteiger partial charge in [0, 0.05) is 7.11 Å². The highest BCUT2D eigenvalue weighted by Crippen LogP contribution is 2.38. The molecule has 1 aromatic rings. The molecule has 0 bridgehead atoms. The lowest BCUT2D eigenvalue weighted by Gasteiger charge is -2.46. The third-order valence-corrected chi connectivity index (χ3v) is 10.3. The summed E-state index contributed by atoms with van der Waals surface area (Å²) in [6, 6.07) is 9.53. The molecule has 0 aliphatic carbocycles. The van der Waals surface area contributed by atoms with Crippen LogP contribution in [0.5, 0.6) is 0 Å². The van der Waals surface area contributed by atoms with Gasteiger partial charge in [0.1, 0.15) is 18.3 Å². The van der Waals surface area contributed by atoms with Crippen molar-refractivity contribution >= 4 is 14.1 Å². The van der Waals surface area contributed by atoms with E-state index in [0.29, 0.717) is 6.61 Å². The molecule has 4 atom stereocenters. The van der Waals surface area contributed by atoms with Gasteiger partial charge in [0.05, 0.1) is 19.8 Å². The maximum Gasteiger partial charge on any atom is 0.221 e. The number of carbonyl (C=O) groups excluding carboxylic acids is 1. The molecule has 0 amide bonds. The number of hydrogen-bond donors (Lipinski definition) is 2. The Morgan fingerprint density at radius 3 is 2.34 bits per heavy atom. The second-order valence-corrected chi connectivity index (χ2v) is 13.8. The fourth-order valence-corrected chi connectivity index (χ4v) is 3.77. The van der Waals surface area contributed by atoms with E-state index in [4.69, 9.17) is 18.6 Å². The lowest BCUT2D eigenvalue weighted by Crippen LogP contribution is -2.67. The van der Waals surface area contributed by atoms with E-state index < -0.39 is 38.2 Å². The van der Waals surface area contributed by atoms with Gasteiger partial charge in [0.15, 0.2) is 14.1 Å². The minimum Gasteiger partial charge on any atom is -0.411 e. The van der Waals surface area contributed by atoms with Gasteiger partial charge < -0.3 is 28.8 Å². The molecule has 1 aromatic carbocycles. The van der Waals surface area contributed by atoms with Gasteiger partial charge in [-0.1, -0.05) is 51.1 Å². The molecule has 1 heterocycles. The summed E-state index contributed by atoms with van der Waals surface area (Å²) in [5, 5.41) is 20.8. The van der Waals surface area contributed by atoms with Crippen LogP contribution in [0.25, 0.3) is 0 Å². The van der Waals surface area contributed by atoms with Gasteiger partial charge in [-0.25, -0.2) is 0 Å². The molecule has 0 radical (unpaired) electrons. The van der Waals surface area contributed by atoms with Gasteiger partial charge in [-0.05, 0) is 23.7 Å². The predicted molar refractivity (Wildman–Crippen MR) is 111 cm³/mol. The van der Waals surface area contributed by atoms with Crippen LogP contribution >= 0.6 is 0 Å². The molecule has 164 valence electrons. The highest BCUT2D eigenvalue weighted by Gasteiger charge is 2.55. The molecule has 1 saturated heterocycles. The second kappa shape index (κ2) is 9.34. The minimum atomic E-state index is -2.18. The van der Waals surface area contributed by atoms with Crippen molar-refractivity contribution in [3.05, 3.63) is 35.9 Å². The van der Waals surface area contributed by atoms with Crippen molar-refractivity contribution in [2.75, 3.05) is 20.3 Å². The number of ketones is 1. The van der Waals surface area contributed by atoms with Crippen molar-refractivity contribution < 1.29 is 33.6 Å². The zero-order valence-corrected chi connectivity index (χ0v) is 19.2. The van der Waals surface area contributed by atoms with Crippen LogP contribution in [-0.2, 0) is 30.0 Å². The summed E-state index contributed by atoms with van der Waals surface area (Å²) in [4.78, 5) is 12.4. The lowest BCUT2D eigenvalue weighted by molar-refractivity contribution is -0.328. The molecule has 29 heavy (non-hydrogen) atoms. The molecule has 1 aliphatic heterocycles. The Balaban J connectivity index is 2.09. The Morgan fingerprint density at radius 2 is 1.79 bits per heavy atom.